The minimum absolute atomic E-state index is 0.0483. The third kappa shape index (κ3) is 4.97. The Hall–Kier alpha value is -2.15. The molecule has 1 aromatic carbocycles. The predicted octanol–water partition coefficient (Wildman–Crippen LogP) is 3.60. The van der Waals surface area contributed by atoms with E-state index in [1.807, 2.05) is 24.4 Å². The summed E-state index contributed by atoms with van der Waals surface area (Å²) in [5.74, 6) is 2.55. The van der Waals surface area contributed by atoms with Crippen molar-refractivity contribution in [2.75, 3.05) is 25.5 Å². The molecule has 0 bridgehead atoms. The first kappa shape index (κ1) is 19.6. The molecule has 2 aromatic rings. The summed E-state index contributed by atoms with van der Waals surface area (Å²) in [5, 5.41) is 3.82. The van der Waals surface area contributed by atoms with Gasteiger partial charge in [0, 0.05) is 18.7 Å². The molecule has 0 unspecified atom stereocenters. The molecular weight excluding hydrogens is 362 g/mol. The summed E-state index contributed by atoms with van der Waals surface area (Å²) in [7, 11) is 0. The molecule has 2 heterocycles. The molecule has 6 nitrogen and oxygen atoms in total. The number of aromatic nitrogens is 2. The molecule has 1 N–H and O–H groups in total. The number of hydrogen-bond acceptors (Lipinski definition) is 5. The molecular formula is C20H27N3O3S. The number of rotatable bonds is 8. The lowest BCUT2D eigenvalue weighted by molar-refractivity contribution is -0.118. The first-order chi connectivity index (χ1) is 13.1. The van der Waals surface area contributed by atoms with Crippen LogP contribution in [0, 0.1) is 5.92 Å². The van der Waals surface area contributed by atoms with Crippen LogP contribution in [0.1, 0.15) is 27.2 Å². The van der Waals surface area contributed by atoms with Crippen LogP contribution in [0.25, 0.3) is 11.3 Å². The SMILES string of the molecule is CCn1c(-c2ccc3c(c2)OCCO3)cnc1SCC(=O)NCCC(C)C. The van der Waals surface area contributed by atoms with Crippen LogP contribution in [-0.4, -0.2) is 41.0 Å². The zero-order valence-corrected chi connectivity index (χ0v) is 17.0. The van der Waals surface area contributed by atoms with Gasteiger partial charge in [-0.2, -0.15) is 0 Å². The highest BCUT2D eigenvalue weighted by molar-refractivity contribution is 7.99. The van der Waals surface area contributed by atoms with E-state index in [9.17, 15) is 4.79 Å². The molecule has 1 aliphatic rings. The van der Waals surface area contributed by atoms with Crippen molar-refractivity contribution in [2.24, 2.45) is 5.92 Å². The Labute approximate surface area is 164 Å². The number of benzene rings is 1. The molecule has 1 amide bonds. The smallest absolute Gasteiger partial charge is 0.230 e. The Morgan fingerprint density at radius 3 is 2.81 bits per heavy atom. The maximum absolute atomic E-state index is 12.0. The van der Waals surface area contributed by atoms with Crippen LogP contribution in [0.15, 0.2) is 29.6 Å². The lowest BCUT2D eigenvalue weighted by atomic mass is 10.1. The van der Waals surface area contributed by atoms with Gasteiger partial charge in [-0.15, -0.1) is 0 Å². The minimum atomic E-state index is 0.0483. The van der Waals surface area contributed by atoms with Gasteiger partial charge in [0.2, 0.25) is 5.91 Å². The van der Waals surface area contributed by atoms with Crippen molar-refractivity contribution in [2.45, 2.75) is 38.9 Å². The van der Waals surface area contributed by atoms with Gasteiger partial charge in [0.25, 0.3) is 0 Å². The number of carbonyl (C=O) groups excluding carboxylic acids is 1. The van der Waals surface area contributed by atoms with Gasteiger partial charge >= 0.3 is 0 Å². The summed E-state index contributed by atoms with van der Waals surface area (Å²) >= 11 is 1.47. The van der Waals surface area contributed by atoms with Gasteiger partial charge < -0.3 is 19.4 Å². The zero-order chi connectivity index (χ0) is 19.2. The summed E-state index contributed by atoms with van der Waals surface area (Å²) in [6.45, 7) is 9.03. The topological polar surface area (TPSA) is 65.4 Å². The van der Waals surface area contributed by atoms with E-state index in [0.29, 0.717) is 24.9 Å². The summed E-state index contributed by atoms with van der Waals surface area (Å²) < 4.78 is 13.4. The number of hydrogen-bond donors (Lipinski definition) is 1. The third-order valence-electron chi connectivity index (χ3n) is 4.35. The van der Waals surface area contributed by atoms with Gasteiger partial charge in [0.05, 0.1) is 17.6 Å². The highest BCUT2D eigenvalue weighted by Gasteiger charge is 2.16. The van der Waals surface area contributed by atoms with E-state index in [0.717, 1.165) is 47.4 Å². The molecule has 0 spiro atoms. The van der Waals surface area contributed by atoms with Crippen LogP contribution in [0.2, 0.25) is 0 Å². The van der Waals surface area contributed by atoms with E-state index in [2.05, 4.69) is 35.6 Å². The Bertz CT molecular complexity index is 789. The van der Waals surface area contributed by atoms with E-state index in [1.165, 1.54) is 11.8 Å². The largest absolute Gasteiger partial charge is 0.486 e. The highest BCUT2D eigenvalue weighted by atomic mass is 32.2. The molecule has 0 aliphatic carbocycles. The third-order valence-corrected chi connectivity index (χ3v) is 5.34. The van der Waals surface area contributed by atoms with Crippen molar-refractivity contribution in [3.05, 3.63) is 24.4 Å². The van der Waals surface area contributed by atoms with Crippen molar-refractivity contribution in [3.8, 4) is 22.8 Å². The lowest BCUT2D eigenvalue weighted by Gasteiger charge is -2.19. The van der Waals surface area contributed by atoms with Crippen LogP contribution in [-0.2, 0) is 11.3 Å². The Morgan fingerprint density at radius 1 is 1.30 bits per heavy atom. The minimum Gasteiger partial charge on any atom is -0.486 e. The highest BCUT2D eigenvalue weighted by Crippen LogP contribution is 2.35. The van der Waals surface area contributed by atoms with Gasteiger partial charge in [0.1, 0.15) is 13.2 Å². The van der Waals surface area contributed by atoms with Crippen LogP contribution in [0.5, 0.6) is 11.5 Å². The fourth-order valence-corrected chi connectivity index (χ4v) is 3.77. The van der Waals surface area contributed by atoms with E-state index in [1.54, 1.807) is 0 Å². The number of fused-ring (bicyclic) bond motifs is 1. The number of nitrogens with zero attached hydrogens (tertiary/aromatic N) is 2. The molecule has 1 aromatic heterocycles. The average Bonchev–Trinajstić information content (AvgIpc) is 3.08. The number of carbonyl (C=O) groups is 1. The summed E-state index contributed by atoms with van der Waals surface area (Å²) in [6, 6.07) is 5.94. The second kappa shape index (κ2) is 9.17. The van der Waals surface area contributed by atoms with Crippen molar-refractivity contribution in [1.82, 2.24) is 14.9 Å². The summed E-state index contributed by atoms with van der Waals surface area (Å²) in [6.07, 6.45) is 2.85. The van der Waals surface area contributed by atoms with Gasteiger partial charge in [-0.1, -0.05) is 25.6 Å². The molecule has 3 rings (SSSR count). The fraction of sp³-hybridized carbons (Fsp3) is 0.500. The fourth-order valence-electron chi connectivity index (χ4n) is 2.89. The van der Waals surface area contributed by atoms with Crippen LogP contribution < -0.4 is 14.8 Å². The number of imidazole rings is 1. The Morgan fingerprint density at radius 2 is 2.07 bits per heavy atom. The Balaban J connectivity index is 1.67. The molecule has 0 saturated heterocycles. The molecule has 0 fully saturated rings. The predicted molar refractivity (Wildman–Crippen MR) is 108 cm³/mol. The van der Waals surface area contributed by atoms with E-state index < -0.39 is 0 Å². The number of ether oxygens (including phenoxy) is 2. The molecule has 0 saturated carbocycles. The van der Waals surface area contributed by atoms with Gasteiger partial charge in [-0.05, 0) is 37.5 Å². The standard InChI is InChI=1S/C20H27N3O3S/c1-4-23-16(15-5-6-17-18(11-15)26-10-9-25-17)12-22-20(23)27-13-19(24)21-8-7-14(2)3/h5-6,11-12,14H,4,7-10,13H2,1-3H3,(H,21,24). The van der Waals surface area contributed by atoms with E-state index >= 15 is 0 Å². The van der Waals surface area contributed by atoms with Crippen molar-refractivity contribution < 1.29 is 14.3 Å². The van der Waals surface area contributed by atoms with Gasteiger partial charge in [-0.3, -0.25) is 4.79 Å². The summed E-state index contributed by atoms with van der Waals surface area (Å²) in [5.41, 5.74) is 2.04. The van der Waals surface area contributed by atoms with Crippen molar-refractivity contribution in [1.29, 1.82) is 0 Å². The maximum atomic E-state index is 12.0. The van der Waals surface area contributed by atoms with Gasteiger partial charge in [-0.25, -0.2) is 4.98 Å². The molecule has 1 aliphatic heterocycles. The van der Waals surface area contributed by atoms with Crippen LogP contribution in [0.4, 0.5) is 0 Å². The number of nitrogens with one attached hydrogen (secondary N) is 1. The quantitative estimate of drug-likeness (QED) is 0.699. The zero-order valence-electron chi connectivity index (χ0n) is 16.2. The van der Waals surface area contributed by atoms with E-state index in [4.69, 9.17) is 9.47 Å². The van der Waals surface area contributed by atoms with Gasteiger partial charge in [0.15, 0.2) is 16.7 Å². The second-order valence-corrected chi connectivity index (χ2v) is 7.79. The molecule has 27 heavy (non-hydrogen) atoms. The Kier molecular flexibility index (Phi) is 6.66. The monoisotopic (exact) mass is 389 g/mol. The first-order valence-electron chi connectivity index (χ1n) is 9.43. The lowest BCUT2D eigenvalue weighted by Crippen LogP contribution is -2.27. The van der Waals surface area contributed by atoms with Crippen molar-refractivity contribution >= 4 is 17.7 Å². The summed E-state index contributed by atoms with van der Waals surface area (Å²) in [4.78, 5) is 16.6. The van der Waals surface area contributed by atoms with Crippen LogP contribution >= 0.6 is 11.8 Å². The molecule has 0 atom stereocenters. The molecule has 146 valence electrons. The van der Waals surface area contributed by atoms with Crippen molar-refractivity contribution in [3.63, 3.8) is 0 Å². The first-order valence-corrected chi connectivity index (χ1v) is 10.4. The van der Waals surface area contributed by atoms with Crippen LogP contribution in [0.3, 0.4) is 0 Å². The molecule has 0 radical (unpaired) electrons. The second-order valence-electron chi connectivity index (χ2n) is 6.85. The average molecular weight is 390 g/mol. The normalized spacial score (nSPS) is 13.0. The maximum Gasteiger partial charge on any atom is 0.230 e. The number of thioether (sulfide) groups is 1. The molecule has 7 heteroatoms. The van der Waals surface area contributed by atoms with E-state index in [-0.39, 0.29) is 5.91 Å². The number of amides is 1.